The molecule has 0 fully saturated rings. The zero-order valence-corrected chi connectivity index (χ0v) is 15.0. The number of hydrogen-bond donors (Lipinski definition) is 0. The summed E-state index contributed by atoms with van der Waals surface area (Å²) in [5, 5.41) is 8.78. The standard InChI is InChI=1S/C20H24N2O3/c1-22(12-13-25-18-7-4-17(15-21)5-8-18)11-10-16-6-9-19(23-2)20(14-16)24-3/h4-9,14H,10-13H2,1-3H3. The molecule has 0 aliphatic heterocycles. The maximum Gasteiger partial charge on any atom is 0.160 e. The number of hydrogen-bond acceptors (Lipinski definition) is 5. The van der Waals surface area contributed by atoms with Crippen molar-refractivity contribution in [2.75, 3.05) is 41.0 Å². The number of ether oxygens (including phenoxy) is 3. The van der Waals surface area contributed by atoms with E-state index in [1.54, 1.807) is 26.4 Å². The van der Waals surface area contributed by atoms with Crippen molar-refractivity contribution in [3.05, 3.63) is 53.6 Å². The second-order valence-electron chi connectivity index (χ2n) is 5.73. The number of nitriles is 1. The molecule has 0 aliphatic carbocycles. The van der Waals surface area contributed by atoms with Crippen molar-refractivity contribution in [1.29, 1.82) is 5.26 Å². The number of methoxy groups -OCH3 is 2. The zero-order chi connectivity index (χ0) is 18.1. The summed E-state index contributed by atoms with van der Waals surface area (Å²) in [7, 11) is 5.36. The van der Waals surface area contributed by atoms with E-state index in [9.17, 15) is 0 Å². The van der Waals surface area contributed by atoms with E-state index in [-0.39, 0.29) is 0 Å². The molecule has 2 rings (SSSR count). The second kappa shape index (κ2) is 9.55. The fourth-order valence-corrected chi connectivity index (χ4v) is 2.41. The van der Waals surface area contributed by atoms with Crippen molar-refractivity contribution in [3.8, 4) is 23.3 Å². The van der Waals surface area contributed by atoms with Crippen molar-refractivity contribution in [1.82, 2.24) is 4.90 Å². The van der Waals surface area contributed by atoms with Crippen LogP contribution in [0.1, 0.15) is 11.1 Å². The highest BCUT2D eigenvalue weighted by atomic mass is 16.5. The Kier molecular flexibility index (Phi) is 7.12. The van der Waals surface area contributed by atoms with Crippen molar-refractivity contribution >= 4 is 0 Å². The monoisotopic (exact) mass is 340 g/mol. The number of rotatable bonds is 9. The Balaban J connectivity index is 1.75. The van der Waals surface area contributed by atoms with Crippen LogP contribution in [0.5, 0.6) is 17.2 Å². The van der Waals surface area contributed by atoms with Gasteiger partial charge in [0.05, 0.1) is 25.9 Å². The largest absolute Gasteiger partial charge is 0.493 e. The van der Waals surface area contributed by atoms with E-state index >= 15 is 0 Å². The minimum Gasteiger partial charge on any atom is -0.493 e. The highest BCUT2D eigenvalue weighted by Gasteiger charge is 2.06. The van der Waals surface area contributed by atoms with Gasteiger partial charge in [-0.2, -0.15) is 5.26 Å². The van der Waals surface area contributed by atoms with Gasteiger partial charge in [0.2, 0.25) is 0 Å². The van der Waals surface area contributed by atoms with Crippen LogP contribution in [0, 0.1) is 11.3 Å². The summed E-state index contributed by atoms with van der Waals surface area (Å²) in [5.41, 5.74) is 1.84. The second-order valence-corrected chi connectivity index (χ2v) is 5.73. The third-order valence-corrected chi connectivity index (χ3v) is 3.96. The van der Waals surface area contributed by atoms with E-state index in [1.165, 1.54) is 5.56 Å². The third-order valence-electron chi connectivity index (χ3n) is 3.96. The molecule has 0 aliphatic rings. The molecule has 2 aromatic carbocycles. The summed E-state index contributed by atoms with van der Waals surface area (Å²) in [5.74, 6) is 2.29. The molecule has 0 aromatic heterocycles. The van der Waals surface area contributed by atoms with Gasteiger partial charge in [-0.3, -0.25) is 0 Å². The average Bonchev–Trinajstić information content (AvgIpc) is 2.66. The van der Waals surface area contributed by atoms with Gasteiger partial charge in [-0.05, 0) is 55.4 Å². The van der Waals surface area contributed by atoms with E-state index in [4.69, 9.17) is 19.5 Å². The minimum absolute atomic E-state index is 0.605. The molecule has 0 bridgehead atoms. The summed E-state index contributed by atoms with van der Waals surface area (Å²) in [4.78, 5) is 2.22. The van der Waals surface area contributed by atoms with Crippen molar-refractivity contribution in [2.45, 2.75) is 6.42 Å². The van der Waals surface area contributed by atoms with E-state index in [1.807, 2.05) is 24.3 Å². The molecule has 0 heterocycles. The van der Waals surface area contributed by atoms with Crippen molar-refractivity contribution in [3.63, 3.8) is 0 Å². The van der Waals surface area contributed by atoms with Gasteiger partial charge in [0.1, 0.15) is 12.4 Å². The number of benzene rings is 2. The Hall–Kier alpha value is -2.71. The van der Waals surface area contributed by atoms with Gasteiger partial charge in [0.25, 0.3) is 0 Å². The lowest BCUT2D eigenvalue weighted by molar-refractivity contribution is 0.239. The van der Waals surface area contributed by atoms with Crippen molar-refractivity contribution < 1.29 is 14.2 Å². The van der Waals surface area contributed by atoms with Crippen LogP contribution in [-0.2, 0) is 6.42 Å². The molecule has 0 spiro atoms. The molecule has 0 unspecified atom stereocenters. The molecule has 0 N–H and O–H groups in total. The van der Waals surface area contributed by atoms with Crippen LogP contribution in [0.25, 0.3) is 0 Å². The molecule has 25 heavy (non-hydrogen) atoms. The molecule has 0 radical (unpaired) electrons. The topological polar surface area (TPSA) is 54.7 Å². The molecule has 0 saturated heterocycles. The Morgan fingerprint density at radius 3 is 2.32 bits per heavy atom. The number of nitrogens with zero attached hydrogens (tertiary/aromatic N) is 2. The minimum atomic E-state index is 0.605. The van der Waals surface area contributed by atoms with Gasteiger partial charge in [0.15, 0.2) is 11.5 Å². The molecular formula is C20H24N2O3. The highest BCUT2D eigenvalue weighted by Crippen LogP contribution is 2.27. The van der Waals surface area contributed by atoms with Gasteiger partial charge < -0.3 is 19.1 Å². The lowest BCUT2D eigenvalue weighted by atomic mass is 10.1. The smallest absolute Gasteiger partial charge is 0.160 e. The van der Waals surface area contributed by atoms with Crippen LogP contribution >= 0.6 is 0 Å². The average molecular weight is 340 g/mol. The predicted molar refractivity (Wildman–Crippen MR) is 97.4 cm³/mol. The third kappa shape index (κ3) is 5.70. The SMILES string of the molecule is COc1ccc(CCN(C)CCOc2ccc(C#N)cc2)cc1OC. The molecule has 2 aromatic rings. The summed E-state index contributed by atoms with van der Waals surface area (Å²) < 4.78 is 16.3. The van der Waals surface area contributed by atoms with Gasteiger partial charge in [-0.1, -0.05) is 6.07 Å². The molecule has 0 saturated carbocycles. The predicted octanol–water partition coefficient (Wildman–Crippen LogP) is 3.13. The van der Waals surface area contributed by atoms with E-state index < -0.39 is 0 Å². The van der Waals surface area contributed by atoms with Crippen LogP contribution in [0.15, 0.2) is 42.5 Å². The van der Waals surface area contributed by atoms with Crippen LogP contribution in [-0.4, -0.2) is 45.9 Å². The summed E-state index contributed by atoms with van der Waals surface area (Å²) in [6, 6.07) is 15.3. The summed E-state index contributed by atoms with van der Waals surface area (Å²) in [6.07, 6.45) is 0.924. The molecule has 0 atom stereocenters. The van der Waals surface area contributed by atoms with E-state index in [0.717, 1.165) is 36.8 Å². The first-order chi connectivity index (χ1) is 12.2. The zero-order valence-electron chi connectivity index (χ0n) is 15.0. The fourth-order valence-electron chi connectivity index (χ4n) is 2.41. The van der Waals surface area contributed by atoms with Gasteiger partial charge in [-0.15, -0.1) is 0 Å². The summed E-state index contributed by atoms with van der Waals surface area (Å²) >= 11 is 0. The van der Waals surface area contributed by atoms with E-state index in [2.05, 4.69) is 24.1 Å². The quantitative estimate of drug-likeness (QED) is 0.702. The van der Waals surface area contributed by atoms with Crippen LogP contribution in [0.3, 0.4) is 0 Å². The maximum atomic E-state index is 8.78. The Bertz CT molecular complexity index is 708. The lowest BCUT2D eigenvalue weighted by Gasteiger charge is -2.17. The van der Waals surface area contributed by atoms with Crippen molar-refractivity contribution in [2.24, 2.45) is 0 Å². The van der Waals surface area contributed by atoms with Crippen LogP contribution in [0.2, 0.25) is 0 Å². The Morgan fingerprint density at radius 2 is 1.68 bits per heavy atom. The molecule has 132 valence electrons. The first-order valence-corrected chi connectivity index (χ1v) is 8.18. The summed E-state index contributed by atoms with van der Waals surface area (Å²) in [6.45, 7) is 2.35. The highest BCUT2D eigenvalue weighted by molar-refractivity contribution is 5.43. The first kappa shape index (κ1) is 18.6. The van der Waals surface area contributed by atoms with Gasteiger partial charge in [0, 0.05) is 13.1 Å². The molecular weight excluding hydrogens is 316 g/mol. The van der Waals surface area contributed by atoms with Crippen LogP contribution in [0.4, 0.5) is 0 Å². The Morgan fingerprint density at radius 1 is 0.960 bits per heavy atom. The fraction of sp³-hybridized carbons (Fsp3) is 0.350. The van der Waals surface area contributed by atoms with Gasteiger partial charge >= 0.3 is 0 Å². The first-order valence-electron chi connectivity index (χ1n) is 8.18. The van der Waals surface area contributed by atoms with Gasteiger partial charge in [-0.25, -0.2) is 0 Å². The Labute approximate surface area is 149 Å². The maximum absolute atomic E-state index is 8.78. The van der Waals surface area contributed by atoms with E-state index in [0.29, 0.717) is 12.2 Å². The van der Waals surface area contributed by atoms with Crippen LogP contribution < -0.4 is 14.2 Å². The number of likely N-dealkylation sites (N-methyl/N-ethyl adjacent to an activating group) is 1. The molecule has 5 heteroatoms. The molecule has 0 amide bonds. The molecule has 5 nitrogen and oxygen atoms in total. The lowest BCUT2D eigenvalue weighted by Crippen LogP contribution is -2.26. The normalized spacial score (nSPS) is 10.4.